The summed E-state index contributed by atoms with van der Waals surface area (Å²) in [5.41, 5.74) is 5.29. The molecule has 0 atom stereocenters. The van der Waals surface area contributed by atoms with Crippen LogP contribution in [0.2, 0.25) is 0 Å². The van der Waals surface area contributed by atoms with E-state index in [-0.39, 0.29) is 24.1 Å². The van der Waals surface area contributed by atoms with E-state index in [1.54, 1.807) is 0 Å². The van der Waals surface area contributed by atoms with Crippen molar-refractivity contribution in [3.63, 3.8) is 0 Å². The standard InChI is InChI=1S/C5H7F2N3O.ClH/c1-10-3(8)2-4(9-10)11-5(6)7;/h2,5H,8H2,1H3;1H. The van der Waals surface area contributed by atoms with Crippen LogP contribution >= 0.6 is 12.4 Å². The minimum atomic E-state index is -2.86. The molecule has 0 radical (unpaired) electrons. The Morgan fingerprint density at radius 1 is 1.67 bits per heavy atom. The zero-order valence-electron chi connectivity index (χ0n) is 6.20. The lowest BCUT2D eigenvalue weighted by Gasteiger charge is -1.96. The number of rotatable bonds is 2. The van der Waals surface area contributed by atoms with Crippen LogP contribution < -0.4 is 10.5 Å². The second-order valence-electron chi connectivity index (χ2n) is 1.91. The van der Waals surface area contributed by atoms with Gasteiger partial charge in [0.05, 0.1) is 0 Å². The van der Waals surface area contributed by atoms with E-state index < -0.39 is 6.61 Å². The van der Waals surface area contributed by atoms with Crippen LogP contribution in [0, 0.1) is 0 Å². The molecule has 0 saturated heterocycles. The van der Waals surface area contributed by atoms with Gasteiger partial charge >= 0.3 is 6.61 Å². The van der Waals surface area contributed by atoms with Crippen molar-refractivity contribution in [1.82, 2.24) is 9.78 Å². The molecule has 1 aromatic rings. The fraction of sp³-hybridized carbons (Fsp3) is 0.400. The van der Waals surface area contributed by atoms with E-state index in [9.17, 15) is 8.78 Å². The first kappa shape index (κ1) is 11.0. The lowest BCUT2D eigenvalue weighted by Crippen LogP contribution is -2.02. The average molecular weight is 200 g/mol. The Balaban J connectivity index is 0.00000121. The first-order valence-corrected chi connectivity index (χ1v) is 2.84. The quantitative estimate of drug-likeness (QED) is 0.774. The monoisotopic (exact) mass is 199 g/mol. The maximum Gasteiger partial charge on any atom is 0.388 e. The third kappa shape index (κ3) is 2.54. The van der Waals surface area contributed by atoms with Gasteiger partial charge < -0.3 is 10.5 Å². The van der Waals surface area contributed by atoms with Crippen LogP contribution in [0.15, 0.2) is 6.07 Å². The van der Waals surface area contributed by atoms with Gasteiger partial charge in [0.25, 0.3) is 0 Å². The average Bonchev–Trinajstić information content (AvgIpc) is 2.10. The normalized spacial score (nSPS) is 9.67. The highest BCUT2D eigenvalue weighted by Gasteiger charge is 2.08. The Hall–Kier alpha value is -1.04. The summed E-state index contributed by atoms with van der Waals surface area (Å²) in [5, 5.41) is 3.54. The van der Waals surface area contributed by atoms with E-state index in [0.717, 1.165) is 0 Å². The van der Waals surface area contributed by atoms with Gasteiger partial charge in [-0.2, -0.15) is 8.78 Å². The topological polar surface area (TPSA) is 53.1 Å². The van der Waals surface area contributed by atoms with Crippen molar-refractivity contribution in [2.24, 2.45) is 7.05 Å². The zero-order chi connectivity index (χ0) is 8.43. The van der Waals surface area contributed by atoms with Gasteiger partial charge in [0, 0.05) is 13.1 Å². The molecule has 0 aliphatic rings. The summed E-state index contributed by atoms with van der Waals surface area (Å²) in [6, 6.07) is 1.23. The summed E-state index contributed by atoms with van der Waals surface area (Å²) < 4.78 is 28.3. The second-order valence-corrected chi connectivity index (χ2v) is 1.91. The molecule has 0 aliphatic heterocycles. The largest absolute Gasteiger partial charge is 0.415 e. The van der Waals surface area contributed by atoms with Gasteiger partial charge in [-0.15, -0.1) is 17.5 Å². The van der Waals surface area contributed by atoms with E-state index in [0.29, 0.717) is 0 Å². The molecule has 4 nitrogen and oxygen atoms in total. The molecule has 1 heterocycles. The highest BCUT2D eigenvalue weighted by Crippen LogP contribution is 2.14. The van der Waals surface area contributed by atoms with Crippen molar-refractivity contribution in [3.8, 4) is 5.88 Å². The third-order valence-corrected chi connectivity index (χ3v) is 1.10. The summed E-state index contributed by atoms with van der Waals surface area (Å²) in [4.78, 5) is 0. The van der Waals surface area contributed by atoms with E-state index in [1.165, 1.54) is 17.8 Å². The Bertz CT molecular complexity index is 233. The van der Waals surface area contributed by atoms with Crippen molar-refractivity contribution >= 4 is 18.2 Å². The summed E-state index contributed by atoms with van der Waals surface area (Å²) in [6.07, 6.45) is 0. The second kappa shape index (κ2) is 4.10. The van der Waals surface area contributed by atoms with Crippen molar-refractivity contribution in [2.45, 2.75) is 6.61 Å². The SMILES string of the molecule is Cl.Cn1nc(OC(F)F)cc1N. The summed E-state index contributed by atoms with van der Waals surface area (Å²) in [6.45, 7) is -2.86. The number of aromatic nitrogens is 2. The first-order chi connectivity index (χ1) is 5.09. The molecule has 12 heavy (non-hydrogen) atoms. The maximum atomic E-state index is 11.5. The lowest BCUT2D eigenvalue weighted by atomic mass is 10.6. The van der Waals surface area contributed by atoms with E-state index in [4.69, 9.17) is 5.73 Å². The number of ether oxygens (including phenoxy) is 1. The highest BCUT2D eigenvalue weighted by molar-refractivity contribution is 5.85. The molecule has 0 aromatic carbocycles. The van der Waals surface area contributed by atoms with Crippen LogP contribution in [0.1, 0.15) is 0 Å². The number of aryl methyl sites for hydroxylation is 1. The Morgan fingerprint density at radius 2 is 2.25 bits per heavy atom. The molecule has 0 amide bonds. The number of nitrogens with zero attached hydrogens (tertiary/aromatic N) is 2. The molecule has 0 saturated carbocycles. The third-order valence-electron chi connectivity index (χ3n) is 1.10. The van der Waals surface area contributed by atoms with Crippen LogP contribution in [0.5, 0.6) is 5.88 Å². The lowest BCUT2D eigenvalue weighted by molar-refractivity contribution is -0.0531. The predicted octanol–water partition coefficient (Wildman–Crippen LogP) is 1.03. The van der Waals surface area contributed by atoms with Crippen LogP contribution in [-0.2, 0) is 7.05 Å². The number of nitrogens with two attached hydrogens (primary N) is 1. The number of nitrogen functional groups attached to an aromatic ring is 1. The van der Waals surface area contributed by atoms with Crippen LogP contribution in [0.3, 0.4) is 0 Å². The van der Waals surface area contributed by atoms with Crippen molar-refractivity contribution in [2.75, 3.05) is 5.73 Å². The highest BCUT2D eigenvalue weighted by atomic mass is 35.5. The van der Waals surface area contributed by atoms with Gasteiger partial charge in [-0.25, -0.2) is 4.68 Å². The van der Waals surface area contributed by atoms with E-state index in [1.807, 2.05) is 0 Å². The molecule has 1 rings (SSSR count). The van der Waals surface area contributed by atoms with E-state index >= 15 is 0 Å². The Labute approximate surface area is 73.7 Å². The molecule has 2 N–H and O–H groups in total. The minimum Gasteiger partial charge on any atom is -0.415 e. The molecule has 7 heteroatoms. The molecule has 1 aromatic heterocycles. The fourth-order valence-corrected chi connectivity index (χ4v) is 0.603. The van der Waals surface area contributed by atoms with Crippen molar-refractivity contribution in [1.29, 1.82) is 0 Å². The summed E-state index contributed by atoms with van der Waals surface area (Å²) in [5.74, 6) is 0.112. The van der Waals surface area contributed by atoms with Crippen LogP contribution in [-0.4, -0.2) is 16.4 Å². The van der Waals surface area contributed by atoms with Crippen molar-refractivity contribution < 1.29 is 13.5 Å². The fourth-order valence-electron chi connectivity index (χ4n) is 0.603. The number of hydrogen-bond donors (Lipinski definition) is 1. The number of alkyl halides is 2. The van der Waals surface area contributed by atoms with Crippen LogP contribution in [0.25, 0.3) is 0 Å². The van der Waals surface area contributed by atoms with Gasteiger partial charge in [-0.05, 0) is 0 Å². The molecule has 0 fully saturated rings. The summed E-state index contributed by atoms with van der Waals surface area (Å²) >= 11 is 0. The molecular formula is C5H8ClF2N3O. The number of halogens is 3. The van der Waals surface area contributed by atoms with Gasteiger partial charge in [0.15, 0.2) is 0 Å². The Kier molecular flexibility index (Phi) is 3.75. The summed E-state index contributed by atoms with van der Waals surface area (Å²) in [7, 11) is 1.54. The Morgan fingerprint density at radius 3 is 2.58 bits per heavy atom. The van der Waals surface area contributed by atoms with Gasteiger partial charge in [-0.3, -0.25) is 0 Å². The number of anilines is 1. The molecule has 70 valence electrons. The zero-order valence-corrected chi connectivity index (χ0v) is 7.02. The van der Waals surface area contributed by atoms with Gasteiger partial charge in [0.2, 0.25) is 5.88 Å². The van der Waals surface area contributed by atoms with Crippen LogP contribution in [0.4, 0.5) is 14.6 Å². The molecule has 0 bridgehead atoms. The molecule has 0 unspecified atom stereocenters. The first-order valence-electron chi connectivity index (χ1n) is 2.84. The molecular weight excluding hydrogens is 192 g/mol. The van der Waals surface area contributed by atoms with Gasteiger partial charge in [-0.1, -0.05) is 0 Å². The maximum absolute atomic E-state index is 11.5. The molecule has 0 aliphatic carbocycles. The predicted molar refractivity (Wildman–Crippen MR) is 41.5 cm³/mol. The van der Waals surface area contributed by atoms with Gasteiger partial charge in [0.1, 0.15) is 5.82 Å². The molecule has 0 spiro atoms. The minimum absolute atomic E-state index is 0. The number of hydrogen-bond acceptors (Lipinski definition) is 3. The van der Waals surface area contributed by atoms with E-state index in [2.05, 4.69) is 9.84 Å². The smallest absolute Gasteiger partial charge is 0.388 e. The van der Waals surface area contributed by atoms with Crippen molar-refractivity contribution in [3.05, 3.63) is 6.07 Å².